The van der Waals surface area contributed by atoms with Gasteiger partial charge in [-0.15, -0.1) is 0 Å². The Morgan fingerprint density at radius 2 is 1.72 bits per heavy atom. The zero-order chi connectivity index (χ0) is 27.4. The van der Waals surface area contributed by atoms with Gasteiger partial charge < -0.3 is 24.4 Å². The fourth-order valence-corrected chi connectivity index (χ4v) is 5.76. The van der Waals surface area contributed by atoms with Gasteiger partial charge in [0.2, 0.25) is 10.0 Å². The van der Waals surface area contributed by atoms with E-state index in [0.29, 0.717) is 54.2 Å². The molecule has 0 bridgehead atoms. The van der Waals surface area contributed by atoms with Crippen LogP contribution in [-0.2, 0) is 19.6 Å². The molecule has 2 aliphatic rings. The Labute approximate surface area is 231 Å². The Morgan fingerprint density at radius 3 is 2.44 bits per heavy atom. The summed E-state index contributed by atoms with van der Waals surface area (Å²) < 4.78 is 43.6. The van der Waals surface area contributed by atoms with Crippen molar-refractivity contribution < 1.29 is 32.2 Å². The number of sulfonamides is 1. The molecule has 2 amide bonds. The lowest BCUT2D eigenvalue weighted by molar-refractivity contribution is -0.121. The van der Waals surface area contributed by atoms with Gasteiger partial charge in [0.25, 0.3) is 11.8 Å². The number of anilines is 2. The summed E-state index contributed by atoms with van der Waals surface area (Å²) >= 11 is 5.90. The quantitative estimate of drug-likeness (QED) is 0.440. The van der Waals surface area contributed by atoms with Crippen molar-refractivity contribution in [2.45, 2.75) is 4.90 Å². The predicted octanol–water partition coefficient (Wildman–Crippen LogP) is 3.42. The molecule has 39 heavy (non-hydrogen) atoms. The molecule has 0 saturated carbocycles. The molecular formula is C27H26ClN3O7S. The highest BCUT2D eigenvalue weighted by Crippen LogP contribution is 2.34. The average Bonchev–Trinajstić information content (AvgIpc) is 2.96. The summed E-state index contributed by atoms with van der Waals surface area (Å²) in [7, 11) is -3.66. The molecule has 0 aliphatic carbocycles. The van der Waals surface area contributed by atoms with Crippen LogP contribution >= 0.6 is 11.6 Å². The fraction of sp³-hybridized carbons (Fsp3) is 0.259. The number of ether oxygens (including phenoxy) is 3. The minimum Gasteiger partial charge on any atom is -0.492 e. The molecule has 0 spiro atoms. The second-order valence-corrected chi connectivity index (χ2v) is 11.2. The lowest BCUT2D eigenvalue weighted by Gasteiger charge is -2.29. The van der Waals surface area contributed by atoms with Gasteiger partial charge in [-0.3, -0.25) is 9.59 Å². The molecule has 0 atom stereocenters. The van der Waals surface area contributed by atoms with Gasteiger partial charge in [0.1, 0.15) is 18.1 Å². The van der Waals surface area contributed by atoms with Gasteiger partial charge in [0.05, 0.1) is 30.3 Å². The summed E-state index contributed by atoms with van der Waals surface area (Å²) in [5.41, 5.74) is 1.25. The van der Waals surface area contributed by atoms with E-state index in [-0.39, 0.29) is 36.1 Å². The van der Waals surface area contributed by atoms with E-state index in [1.165, 1.54) is 28.6 Å². The molecule has 1 N–H and O–H groups in total. The first-order valence-electron chi connectivity index (χ1n) is 12.3. The molecule has 0 radical (unpaired) electrons. The maximum atomic E-state index is 12.9. The van der Waals surface area contributed by atoms with Crippen LogP contribution in [0.3, 0.4) is 0 Å². The van der Waals surface area contributed by atoms with Crippen molar-refractivity contribution in [1.29, 1.82) is 0 Å². The number of fused-ring (bicyclic) bond motifs is 1. The van der Waals surface area contributed by atoms with Crippen LogP contribution in [0, 0.1) is 0 Å². The van der Waals surface area contributed by atoms with Crippen molar-refractivity contribution in [2.24, 2.45) is 0 Å². The molecule has 12 heteroatoms. The van der Waals surface area contributed by atoms with Crippen molar-refractivity contribution >= 4 is 44.8 Å². The van der Waals surface area contributed by atoms with E-state index in [0.717, 1.165) is 0 Å². The van der Waals surface area contributed by atoms with Crippen molar-refractivity contribution in [1.82, 2.24) is 4.31 Å². The van der Waals surface area contributed by atoms with Crippen LogP contribution in [0.15, 0.2) is 71.6 Å². The van der Waals surface area contributed by atoms with Crippen LogP contribution in [0.2, 0.25) is 5.02 Å². The third-order valence-electron chi connectivity index (χ3n) is 6.28. The number of carbonyl (C=O) groups excluding carboxylic acids is 2. The Morgan fingerprint density at radius 1 is 1.00 bits per heavy atom. The van der Waals surface area contributed by atoms with Gasteiger partial charge in [0, 0.05) is 29.4 Å². The van der Waals surface area contributed by atoms with Crippen LogP contribution in [-0.4, -0.2) is 70.6 Å². The number of nitrogens with one attached hydrogen (secondary N) is 1. The Hall–Kier alpha value is -3.64. The van der Waals surface area contributed by atoms with Gasteiger partial charge in [-0.25, -0.2) is 8.42 Å². The molecule has 0 aromatic heterocycles. The second-order valence-electron chi connectivity index (χ2n) is 8.81. The van der Waals surface area contributed by atoms with E-state index in [4.69, 9.17) is 25.8 Å². The number of rotatable bonds is 8. The first kappa shape index (κ1) is 26.9. The third kappa shape index (κ3) is 6.17. The largest absolute Gasteiger partial charge is 0.492 e. The molecule has 1 fully saturated rings. The number of nitrogens with zero attached hydrogens (tertiary/aromatic N) is 2. The van der Waals surface area contributed by atoms with E-state index in [1.54, 1.807) is 47.4 Å². The Kier molecular flexibility index (Phi) is 8.03. The zero-order valence-corrected chi connectivity index (χ0v) is 22.4. The number of halogens is 1. The van der Waals surface area contributed by atoms with Gasteiger partial charge in [-0.2, -0.15) is 4.31 Å². The van der Waals surface area contributed by atoms with E-state index < -0.39 is 15.9 Å². The predicted molar refractivity (Wildman–Crippen MR) is 145 cm³/mol. The molecule has 1 saturated heterocycles. The van der Waals surface area contributed by atoms with Gasteiger partial charge in [-0.1, -0.05) is 11.6 Å². The highest BCUT2D eigenvalue weighted by molar-refractivity contribution is 7.89. The minimum absolute atomic E-state index is 0.0979. The van der Waals surface area contributed by atoms with Gasteiger partial charge in [0.15, 0.2) is 6.61 Å². The number of hydrogen-bond donors (Lipinski definition) is 1. The standard InChI is InChI=1S/C27H26ClN3O7S/c28-20-3-6-22(7-4-20)37-16-13-31-24-17-21(5-10-25(24)38-18-26(31)32)29-27(33)19-1-8-23(9-2-19)39(34,35)30-11-14-36-15-12-30/h1-10,17H,11-16,18H2,(H,29,33). The highest BCUT2D eigenvalue weighted by atomic mass is 35.5. The average molecular weight is 572 g/mol. The fourth-order valence-electron chi connectivity index (χ4n) is 4.23. The maximum Gasteiger partial charge on any atom is 0.265 e. The molecular weight excluding hydrogens is 546 g/mol. The smallest absolute Gasteiger partial charge is 0.265 e. The van der Waals surface area contributed by atoms with Crippen molar-refractivity contribution in [2.75, 3.05) is 56.3 Å². The first-order valence-corrected chi connectivity index (χ1v) is 14.1. The molecule has 0 unspecified atom stereocenters. The van der Waals surface area contributed by atoms with E-state index in [2.05, 4.69) is 5.32 Å². The summed E-state index contributed by atoms with van der Waals surface area (Å²) in [4.78, 5) is 27.2. The van der Waals surface area contributed by atoms with Crippen molar-refractivity contribution in [3.8, 4) is 11.5 Å². The van der Waals surface area contributed by atoms with Gasteiger partial charge >= 0.3 is 0 Å². The third-order valence-corrected chi connectivity index (χ3v) is 8.45. The summed E-state index contributed by atoms with van der Waals surface area (Å²) in [6, 6.07) is 17.7. The summed E-state index contributed by atoms with van der Waals surface area (Å²) in [5, 5.41) is 3.40. The zero-order valence-electron chi connectivity index (χ0n) is 20.8. The highest BCUT2D eigenvalue weighted by Gasteiger charge is 2.27. The lowest BCUT2D eigenvalue weighted by atomic mass is 10.1. The van der Waals surface area contributed by atoms with Crippen LogP contribution in [0.1, 0.15) is 10.4 Å². The monoisotopic (exact) mass is 571 g/mol. The van der Waals surface area contributed by atoms with E-state index in [9.17, 15) is 18.0 Å². The molecule has 2 heterocycles. The summed E-state index contributed by atoms with van der Waals surface area (Å²) in [5.74, 6) is 0.482. The molecule has 204 valence electrons. The van der Waals surface area contributed by atoms with Crippen LogP contribution < -0.4 is 19.7 Å². The van der Waals surface area contributed by atoms with E-state index >= 15 is 0 Å². The van der Waals surface area contributed by atoms with Crippen LogP contribution in [0.4, 0.5) is 11.4 Å². The number of hydrogen-bond acceptors (Lipinski definition) is 7. The topological polar surface area (TPSA) is 114 Å². The van der Waals surface area contributed by atoms with Gasteiger partial charge in [-0.05, 0) is 66.7 Å². The van der Waals surface area contributed by atoms with E-state index in [1.807, 2.05) is 0 Å². The first-order chi connectivity index (χ1) is 18.8. The number of amides is 2. The summed E-state index contributed by atoms with van der Waals surface area (Å²) in [6.45, 7) is 1.70. The number of benzene rings is 3. The second kappa shape index (κ2) is 11.6. The summed E-state index contributed by atoms with van der Waals surface area (Å²) in [6.07, 6.45) is 0. The Bertz CT molecular complexity index is 1460. The van der Waals surface area contributed by atoms with Crippen LogP contribution in [0.5, 0.6) is 11.5 Å². The minimum atomic E-state index is -3.66. The molecule has 3 aromatic carbocycles. The Balaban J connectivity index is 1.26. The maximum absolute atomic E-state index is 12.9. The normalized spacial score (nSPS) is 15.8. The van der Waals surface area contributed by atoms with Crippen molar-refractivity contribution in [3.63, 3.8) is 0 Å². The number of carbonyl (C=O) groups is 2. The molecule has 10 nitrogen and oxygen atoms in total. The van der Waals surface area contributed by atoms with Crippen molar-refractivity contribution in [3.05, 3.63) is 77.3 Å². The molecule has 3 aromatic rings. The SMILES string of the molecule is O=C(Nc1ccc2c(c1)N(CCOc1ccc(Cl)cc1)C(=O)CO2)c1ccc(S(=O)(=O)N2CCOCC2)cc1. The lowest BCUT2D eigenvalue weighted by Crippen LogP contribution is -2.41. The van der Waals surface area contributed by atoms with Crippen LogP contribution in [0.25, 0.3) is 0 Å². The number of morpholine rings is 1. The molecule has 2 aliphatic heterocycles. The molecule has 5 rings (SSSR count).